The second kappa shape index (κ2) is 5.30. The molecule has 0 saturated carbocycles. The van der Waals surface area contributed by atoms with Crippen molar-refractivity contribution in [1.29, 1.82) is 0 Å². The zero-order valence-electron chi connectivity index (χ0n) is 10.2. The minimum absolute atomic E-state index is 0.204. The predicted molar refractivity (Wildman–Crippen MR) is 74.4 cm³/mol. The van der Waals surface area contributed by atoms with Gasteiger partial charge in [-0.2, -0.15) is 0 Å². The van der Waals surface area contributed by atoms with E-state index in [0.717, 1.165) is 18.7 Å². The van der Waals surface area contributed by atoms with Crippen LogP contribution in [-0.4, -0.2) is 40.4 Å². The maximum atomic E-state index is 11.4. The number of hydrogen-bond acceptors (Lipinski definition) is 4. The van der Waals surface area contributed by atoms with E-state index in [-0.39, 0.29) is 11.9 Å². The molecule has 3 N–H and O–H groups in total. The first-order valence-corrected chi connectivity index (χ1v) is 6.23. The monoisotopic (exact) mass is 264 g/mol. The van der Waals surface area contributed by atoms with Gasteiger partial charge in [-0.25, -0.2) is 0 Å². The van der Waals surface area contributed by atoms with E-state index in [9.17, 15) is 4.79 Å². The first kappa shape index (κ1) is 12.8. The molecule has 1 fully saturated rings. The largest absolute Gasteiger partial charge is 0.388 e. The van der Waals surface area contributed by atoms with Crippen molar-refractivity contribution < 1.29 is 4.79 Å². The number of nitrogens with zero attached hydrogens (tertiary/aromatic N) is 2. The third-order valence-electron chi connectivity index (χ3n) is 3.01. The van der Waals surface area contributed by atoms with Crippen LogP contribution in [0.2, 0.25) is 0 Å². The van der Waals surface area contributed by atoms with Gasteiger partial charge in [-0.1, -0.05) is 12.2 Å². The lowest BCUT2D eigenvalue weighted by molar-refractivity contribution is -0.132. The topological polar surface area (TPSA) is 71.2 Å². The zero-order chi connectivity index (χ0) is 13.1. The number of nitrogens with two attached hydrogens (primary N) is 1. The van der Waals surface area contributed by atoms with Gasteiger partial charge in [-0.05, 0) is 18.6 Å². The van der Waals surface area contributed by atoms with Crippen molar-refractivity contribution in [3.8, 4) is 0 Å². The molecule has 6 heteroatoms. The van der Waals surface area contributed by atoms with Crippen molar-refractivity contribution in [3.63, 3.8) is 0 Å². The van der Waals surface area contributed by atoms with Gasteiger partial charge < -0.3 is 16.0 Å². The van der Waals surface area contributed by atoms with Gasteiger partial charge in [0.25, 0.3) is 0 Å². The van der Waals surface area contributed by atoms with E-state index in [1.807, 2.05) is 13.1 Å². The molecule has 0 bridgehead atoms. The third-order valence-corrected chi connectivity index (χ3v) is 3.22. The number of likely N-dealkylation sites (N-methyl/N-ethyl adjacent to an activating group) is 1. The maximum absolute atomic E-state index is 11.4. The number of pyridine rings is 1. The summed E-state index contributed by atoms with van der Waals surface area (Å²) in [6.07, 6.45) is 3.15. The summed E-state index contributed by atoms with van der Waals surface area (Å²) in [7, 11) is 1.82. The lowest BCUT2D eigenvalue weighted by Crippen LogP contribution is -2.43. The standard InChI is InChI=1S/C12H16N4OS/c1-16-7-9(3-5-11(16)17)15-8-2-4-10(12(13)18)14-6-8/h2,4,6,9,15H,3,5,7H2,1H3,(H2,13,18). The summed E-state index contributed by atoms with van der Waals surface area (Å²) >= 11 is 4.85. The van der Waals surface area contributed by atoms with Crippen LogP contribution in [-0.2, 0) is 4.79 Å². The second-order valence-corrected chi connectivity index (χ2v) is 4.89. The molecule has 18 heavy (non-hydrogen) atoms. The molecule has 1 aliphatic rings. The molecule has 0 spiro atoms. The summed E-state index contributed by atoms with van der Waals surface area (Å²) in [5, 5.41) is 3.36. The number of likely N-dealkylation sites (tertiary alicyclic amines) is 1. The van der Waals surface area contributed by atoms with Gasteiger partial charge in [-0.15, -0.1) is 0 Å². The van der Waals surface area contributed by atoms with E-state index < -0.39 is 0 Å². The van der Waals surface area contributed by atoms with Crippen molar-refractivity contribution in [2.45, 2.75) is 18.9 Å². The average Bonchev–Trinajstić information content (AvgIpc) is 2.34. The highest BCUT2D eigenvalue weighted by atomic mass is 32.1. The molecule has 1 aromatic heterocycles. The number of amides is 1. The van der Waals surface area contributed by atoms with Gasteiger partial charge in [0.2, 0.25) is 5.91 Å². The first-order valence-electron chi connectivity index (χ1n) is 5.82. The minimum Gasteiger partial charge on any atom is -0.388 e. The molecule has 5 nitrogen and oxygen atoms in total. The minimum atomic E-state index is 0.204. The van der Waals surface area contributed by atoms with Crippen LogP contribution in [0.4, 0.5) is 5.69 Å². The van der Waals surface area contributed by atoms with Crippen LogP contribution in [0.3, 0.4) is 0 Å². The fourth-order valence-electron chi connectivity index (χ4n) is 1.99. The highest BCUT2D eigenvalue weighted by Gasteiger charge is 2.22. The number of carbonyl (C=O) groups is 1. The maximum Gasteiger partial charge on any atom is 0.222 e. The number of thiocarbonyl (C=S) groups is 1. The molecule has 2 heterocycles. The Morgan fingerprint density at radius 1 is 1.61 bits per heavy atom. The molecule has 1 saturated heterocycles. The van der Waals surface area contributed by atoms with Crippen LogP contribution in [0.5, 0.6) is 0 Å². The Morgan fingerprint density at radius 2 is 2.39 bits per heavy atom. The summed E-state index contributed by atoms with van der Waals surface area (Å²) in [5.41, 5.74) is 7.02. The molecular weight excluding hydrogens is 248 g/mol. The average molecular weight is 264 g/mol. The number of piperidine rings is 1. The van der Waals surface area contributed by atoms with E-state index in [1.54, 1.807) is 17.2 Å². The van der Waals surface area contributed by atoms with Crippen molar-refractivity contribution in [2.75, 3.05) is 18.9 Å². The lowest BCUT2D eigenvalue weighted by atomic mass is 10.1. The Morgan fingerprint density at radius 3 is 2.94 bits per heavy atom. The fraction of sp³-hybridized carbons (Fsp3) is 0.417. The Hall–Kier alpha value is -1.69. The summed E-state index contributed by atoms with van der Waals surface area (Å²) in [5.74, 6) is 0.204. The first-order chi connectivity index (χ1) is 8.56. The van der Waals surface area contributed by atoms with Crippen LogP contribution in [0.1, 0.15) is 18.5 Å². The van der Waals surface area contributed by atoms with Crippen LogP contribution in [0, 0.1) is 0 Å². The molecule has 1 aliphatic heterocycles. The highest BCUT2D eigenvalue weighted by Crippen LogP contribution is 2.15. The molecule has 1 unspecified atom stereocenters. The van der Waals surface area contributed by atoms with Gasteiger partial charge in [0.1, 0.15) is 4.99 Å². The smallest absolute Gasteiger partial charge is 0.222 e. The summed E-state index contributed by atoms with van der Waals surface area (Å²) in [6, 6.07) is 3.96. The molecule has 1 amide bonds. The van der Waals surface area contributed by atoms with E-state index >= 15 is 0 Å². The number of aromatic nitrogens is 1. The number of anilines is 1. The Balaban J connectivity index is 1.97. The Kier molecular flexibility index (Phi) is 3.76. The van der Waals surface area contributed by atoms with E-state index in [2.05, 4.69) is 10.3 Å². The van der Waals surface area contributed by atoms with Crippen LogP contribution in [0.25, 0.3) is 0 Å². The van der Waals surface area contributed by atoms with Crippen LogP contribution < -0.4 is 11.1 Å². The molecule has 2 rings (SSSR count). The van der Waals surface area contributed by atoms with E-state index in [0.29, 0.717) is 17.1 Å². The Bertz CT molecular complexity index is 460. The highest BCUT2D eigenvalue weighted by molar-refractivity contribution is 7.80. The number of carbonyl (C=O) groups excluding carboxylic acids is 1. The lowest BCUT2D eigenvalue weighted by Gasteiger charge is -2.30. The Labute approximate surface area is 111 Å². The van der Waals surface area contributed by atoms with Crippen molar-refractivity contribution in [3.05, 3.63) is 24.0 Å². The summed E-state index contributed by atoms with van der Waals surface area (Å²) in [4.78, 5) is 17.6. The van der Waals surface area contributed by atoms with Crippen molar-refractivity contribution in [1.82, 2.24) is 9.88 Å². The third kappa shape index (κ3) is 2.95. The van der Waals surface area contributed by atoms with Gasteiger partial charge in [0, 0.05) is 26.1 Å². The predicted octanol–water partition coefficient (Wildman–Crippen LogP) is 0.748. The van der Waals surface area contributed by atoms with Crippen molar-refractivity contribution >= 4 is 28.8 Å². The SMILES string of the molecule is CN1CC(Nc2ccc(C(N)=S)nc2)CCC1=O. The number of rotatable bonds is 3. The summed E-state index contributed by atoms with van der Waals surface area (Å²) in [6.45, 7) is 0.718. The molecule has 0 aromatic carbocycles. The quantitative estimate of drug-likeness (QED) is 0.788. The normalized spacial score (nSPS) is 19.7. The zero-order valence-corrected chi connectivity index (χ0v) is 11.0. The summed E-state index contributed by atoms with van der Waals surface area (Å²) < 4.78 is 0. The van der Waals surface area contributed by atoms with Gasteiger partial charge in [-0.3, -0.25) is 9.78 Å². The molecule has 1 atom stereocenters. The fourth-order valence-corrected chi connectivity index (χ4v) is 2.11. The molecule has 1 aromatic rings. The number of hydrogen-bond donors (Lipinski definition) is 2. The van der Waals surface area contributed by atoms with Crippen LogP contribution in [0.15, 0.2) is 18.3 Å². The van der Waals surface area contributed by atoms with Gasteiger partial charge >= 0.3 is 0 Å². The van der Waals surface area contributed by atoms with Gasteiger partial charge in [0.15, 0.2) is 0 Å². The van der Waals surface area contributed by atoms with E-state index in [4.69, 9.17) is 18.0 Å². The van der Waals surface area contributed by atoms with E-state index in [1.165, 1.54) is 0 Å². The number of nitrogens with one attached hydrogen (secondary N) is 1. The van der Waals surface area contributed by atoms with Gasteiger partial charge in [0.05, 0.1) is 17.6 Å². The van der Waals surface area contributed by atoms with Crippen molar-refractivity contribution in [2.24, 2.45) is 5.73 Å². The molecule has 0 aliphatic carbocycles. The van der Waals surface area contributed by atoms with Crippen LogP contribution >= 0.6 is 12.2 Å². The molecule has 96 valence electrons. The molecular formula is C12H16N4OS. The molecule has 0 radical (unpaired) electrons. The second-order valence-electron chi connectivity index (χ2n) is 4.45.